The fraction of sp³-hybridized carbons (Fsp3) is 0.211. The Morgan fingerprint density at radius 2 is 1.96 bits per heavy atom. The van der Waals surface area contributed by atoms with Crippen molar-refractivity contribution in [3.63, 3.8) is 0 Å². The van der Waals surface area contributed by atoms with Crippen LogP contribution < -0.4 is 9.46 Å². The number of benzene rings is 2. The topological polar surface area (TPSA) is 92.7 Å². The summed E-state index contributed by atoms with van der Waals surface area (Å²) >= 11 is 0. The number of halogens is 1. The predicted molar refractivity (Wildman–Crippen MR) is 106 cm³/mol. The lowest BCUT2D eigenvalue weighted by Gasteiger charge is -2.31. The van der Waals surface area contributed by atoms with Gasteiger partial charge in [-0.25, -0.2) is 22.3 Å². The van der Waals surface area contributed by atoms with Crippen molar-refractivity contribution in [2.45, 2.75) is 29.9 Å². The first-order chi connectivity index (χ1) is 13.1. The molecule has 9 heteroatoms. The smallest absolute Gasteiger partial charge is 0.335 e. The molecule has 3 unspecified atom stereocenters. The number of hydrogen-bond acceptors (Lipinski definition) is 4. The Hall–Kier alpha value is -2.28. The normalized spacial score (nSPS) is 18.4. The third kappa shape index (κ3) is 4.41. The maximum absolute atomic E-state index is 14.3. The van der Waals surface area contributed by atoms with Crippen LogP contribution >= 0.6 is 9.24 Å². The van der Waals surface area contributed by atoms with E-state index in [0.29, 0.717) is 0 Å². The Bertz CT molecular complexity index is 1030. The largest absolute Gasteiger partial charge is 0.481 e. The van der Waals surface area contributed by atoms with Crippen LogP contribution in [0.5, 0.6) is 5.75 Å². The fourth-order valence-electron chi connectivity index (χ4n) is 2.80. The van der Waals surface area contributed by atoms with Gasteiger partial charge in [-0.3, -0.25) is 0 Å². The van der Waals surface area contributed by atoms with Crippen molar-refractivity contribution < 1.29 is 27.4 Å². The molecule has 0 aromatic heterocycles. The lowest BCUT2D eigenvalue weighted by Crippen LogP contribution is -2.40. The number of rotatable bonds is 6. The number of carboxylic acids is 1. The number of ether oxygens (including phenoxy) is 1. The molecule has 1 aliphatic heterocycles. The van der Waals surface area contributed by atoms with E-state index in [9.17, 15) is 22.7 Å². The zero-order chi connectivity index (χ0) is 20.5. The molecular formula is C19H19FNO5PS. The second-order valence-corrected chi connectivity index (χ2v) is 9.46. The minimum Gasteiger partial charge on any atom is -0.481 e. The van der Waals surface area contributed by atoms with Gasteiger partial charge in [0.25, 0.3) is 0 Å². The van der Waals surface area contributed by atoms with Gasteiger partial charge in [0.2, 0.25) is 10.0 Å². The van der Waals surface area contributed by atoms with Gasteiger partial charge in [-0.15, -0.1) is 0 Å². The van der Waals surface area contributed by atoms with E-state index in [4.69, 9.17) is 4.74 Å². The van der Waals surface area contributed by atoms with Gasteiger partial charge >= 0.3 is 5.97 Å². The van der Waals surface area contributed by atoms with E-state index >= 15 is 0 Å². The molecule has 2 aromatic carbocycles. The SMILES string of the molecule is CC(F)(P)C1Oc2ccc(S(=O)(=O)NCc3ccccc3)cc2C=C1C(=O)O. The molecule has 0 fully saturated rings. The highest BCUT2D eigenvalue weighted by atomic mass is 32.2. The third-order valence-electron chi connectivity index (χ3n) is 4.20. The number of aliphatic carboxylic acids is 1. The van der Waals surface area contributed by atoms with Crippen LogP contribution in [0.2, 0.25) is 0 Å². The Labute approximate surface area is 164 Å². The van der Waals surface area contributed by atoms with Crippen molar-refractivity contribution in [1.29, 1.82) is 0 Å². The molecule has 3 rings (SSSR count). The van der Waals surface area contributed by atoms with E-state index in [0.717, 1.165) is 5.56 Å². The van der Waals surface area contributed by atoms with E-state index in [-0.39, 0.29) is 28.3 Å². The number of hydrogen-bond donors (Lipinski definition) is 2. The van der Waals surface area contributed by atoms with E-state index in [1.54, 1.807) is 24.3 Å². The van der Waals surface area contributed by atoms with Crippen LogP contribution in [0.3, 0.4) is 0 Å². The molecule has 1 heterocycles. The lowest BCUT2D eigenvalue weighted by molar-refractivity contribution is -0.134. The van der Waals surface area contributed by atoms with Crippen LogP contribution in [0.15, 0.2) is 59.0 Å². The molecule has 0 saturated heterocycles. The molecule has 0 radical (unpaired) electrons. The van der Waals surface area contributed by atoms with Gasteiger partial charge in [-0.1, -0.05) is 39.6 Å². The van der Waals surface area contributed by atoms with Gasteiger partial charge in [-0.05, 0) is 36.8 Å². The standard InChI is InChI=1S/C19H19FNO5PS/c1-19(20,27)17-15(18(22)23)10-13-9-14(7-8-16(13)26-17)28(24,25)21-11-12-5-3-2-4-6-12/h2-10,17,21H,11,27H2,1H3,(H,22,23). The Morgan fingerprint density at radius 3 is 2.57 bits per heavy atom. The van der Waals surface area contributed by atoms with Crippen LogP contribution in [-0.2, 0) is 21.4 Å². The van der Waals surface area contributed by atoms with Crippen LogP contribution in [-0.4, -0.2) is 31.0 Å². The highest BCUT2D eigenvalue weighted by molar-refractivity contribution is 7.89. The first-order valence-corrected chi connectivity index (χ1v) is 10.4. The maximum atomic E-state index is 14.3. The number of alkyl halides is 1. The Kier molecular flexibility index (Phi) is 5.57. The molecule has 0 spiro atoms. The van der Waals surface area contributed by atoms with Crippen molar-refractivity contribution in [2.24, 2.45) is 0 Å². The molecule has 148 valence electrons. The van der Waals surface area contributed by atoms with E-state index in [1.165, 1.54) is 31.2 Å². The van der Waals surface area contributed by atoms with Gasteiger partial charge in [0.05, 0.1) is 10.5 Å². The van der Waals surface area contributed by atoms with Gasteiger partial charge in [0, 0.05) is 12.1 Å². The first-order valence-electron chi connectivity index (χ1n) is 8.35. The van der Waals surface area contributed by atoms with Crippen molar-refractivity contribution in [3.8, 4) is 5.75 Å². The number of carbonyl (C=O) groups is 1. The van der Waals surface area contributed by atoms with Gasteiger partial charge < -0.3 is 9.84 Å². The van der Waals surface area contributed by atoms with E-state index in [1.807, 2.05) is 15.3 Å². The molecule has 28 heavy (non-hydrogen) atoms. The zero-order valence-corrected chi connectivity index (χ0v) is 16.9. The number of sulfonamides is 1. The predicted octanol–water partition coefficient (Wildman–Crippen LogP) is 2.95. The third-order valence-corrected chi connectivity index (χ3v) is 5.90. The molecule has 6 nitrogen and oxygen atoms in total. The molecule has 2 aromatic rings. The average molecular weight is 423 g/mol. The van der Waals surface area contributed by atoms with E-state index < -0.39 is 27.5 Å². The number of carboxylic acid groups (broad SMARTS) is 1. The molecule has 0 aliphatic carbocycles. The molecule has 0 amide bonds. The monoisotopic (exact) mass is 423 g/mol. The molecule has 0 saturated carbocycles. The minimum atomic E-state index is -3.83. The summed E-state index contributed by atoms with van der Waals surface area (Å²) < 4.78 is 47.5. The highest BCUT2D eigenvalue weighted by Gasteiger charge is 2.40. The summed E-state index contributed by atoms with van der Waals surface area (Å²) in [6, 6.07) is 13.1. The summed E-state index contributed by atoms with van der Waals surface area (Å²) in [5.74, 6) is -1.12. The number of nitrogens with one attached hydrogen (secondary N) is 1. The van der Waals surface area contributed by atoms with Gasteiger partial charge in [0.15, 0.2) is 11.5 Å². The molecule has 3 atom stereocenters. The lowest BCUT2D eigenvalue weighted by atomic mass is 9.99. The zero-order valence-electron chi connectivity index (χ0n) is 14.9. The Morgan fingerprint density at radius 1 is 1.29 bits per heavy atom. The van der Waals surface area contributed by atoms with Crippen LogP contribution in [0.25, 0.3) is 6.08 Å². The Balaban J connectivity index is 1.91. The maximum Gasteiger partial charge on any atom is 0.335 e. The van der Waals surface area contributed by atoms with Crippen molar-refractivity contribution in [2.75, 3.05) is 0 Å². The molecule has 2 N–H and O–H groups in total. The second kappa shape index (κ2) is 7.62. The quantitative estimate of drug-likeness (QED) is 0.697. The summed E-state index contributed by atoms with van der Waals surface area (Å²) in [4.78, 5) is 11.5. The van der Waals surface area contributed by atoms with Crippen molar-refractivity contribution >= 4 is 31.3 Å². The molecular weight excluding hydrogens is 404 g/mol. The minimum absolute atomic E-state index is 0.0425. The van der Waals surface area contributed by atoms with Crippen LogP contribution in [0.4, 0.5) is 4.39 Å². The van der Waals surface area contributed by atoms with Crippen LogP contribution in [0.1, 0.15) is 18.1 Å². The summed E-state index contributed by atoms with van der Waals surface area (Å²) in [6.07, 6.45) is -0.0922. The fourth-order valence-corrected chi connectivity index (χ4v) is 4.10. The summed E-state index contributed by atoms with van der Waals surface area (Å²) in [6.45, 7) is 1.30. The second-order valence-electron chi connectivity index (χ2n) is 6.56. The summed E-state index contributed by atoms with van der Waals surface area (Å²) in [5.41, 5.74) is 0.760. The summed E-state index contributed by atoms with van der Waals surface area (Å²) in [5, 5.41) is 7.37. The average Bonchev–Trinajstić information content (AvgIpc) is 2.65. The van der Waals surface area contributed by atoms with Crippen molar-refractivity contribution in [1.82, 2.24) is 4.72 Å². The summed E-state index contributed by atoms with van der Waals surface area (Å²) in [7, 11) is -1.91. The van der Waals surface area contributed by atoms with Gasteiger partial charge in [0.1, 0.15) is 5.75 Å². The van der Waals surface area contributed by atoms with Crippen molar-refractivity contribution in [3.05, 3.63) is 65.2 Å². The highest BCUT2D eigenvalue weighted by Crippen LogP contribution is 2.39. The van der Waals surface area contributed by atoms with Crippen LogP contribution in [0, 0.1) is 0 Å². The molecule has 1 aliphatic rings. The van der Waals surface area contributed by atoms with E-state index in [2.05, 4.69) is 4.72 Å². The molecule has 0 bridgehead atoms. The number of fused-ring (bicyclic) bond motifs is 1. The first kappa shape index (κ1) is 20.5. The van der Waals surface area contributed by atoms with Gasteiger partial charge in [-0.2, -0.15) is 0 Å².